The number of aryl methyl sites for hydroxylation is 1. The molecule has 0 amide bonds. The zero-order chi connectivity index (χ0) is 18.0. The van der Waals surface area contributed by atoms with Crippen LogP contribution in [0.2, 0.25) is 0 Å². The van der Waals surface area contributed by atoms with Gasteiger partial charge in [0.15, 0.2) is 22.7 Å². The zero-order valence-electron chi connectivity index (χ0n) is 15.0. The van der Waals surface area contributed by atoms with E-state index < -0.39 is 5.82 Å². The quantitative estimate of drug-likeness (QED) is 0.479. The van der Waals surface area contributed by atoms with Crippen molar-refractivity contribution in [1.29, 1.82) is 0 Å². The van der Waals surface area contributed by atoms with Gasteiger partial charge in [-0.3, -0.25) is 0 Å². The Kier molecular flexibility index (Phi) is 5.26. The molecule has 3 rings (SSSR count). The molecule has 0 aliphatic rings. The van der Waals surface area contributed by atoms with Crippen molar-refractivity contribution in [2.45, 2.75) is 46.0 Å². The largest absolute Gasteiger partial charge is 0.494 e. The number of hydrogen-bond acceptors (Lipinski definition) is 2. The molecule has 1 heterocycles. The van der Waals surface area contributed by atoms with E-state index in [0.717, 1.165) is 12.8 Å². The topological polar surface area (TPSA) is 22.4 Å². The summed E-state index contributed by atoms with van der Waals surface area (Å²) in [5, 5.41) is 1.16. The summed E-state index contributed by atoms with van der Waals surface area (Å²) < 4.78 is 39.7. The summed E-state index contributed by atoms with van der Waals surface area (Å²) >= 11 is 0. The Morgan fingerprint density at radius 1 is 1.00 bits per heavy atom. The number of ether oxygens (including phenoxy) is 1. The van der Waals surface area contributed by atoms with Crippen LogP contribution in [0.25, 0.3) is 21.9 Å². The smallest absolute Gasteiger partial charge is 0.208 e. The van der Waals surface area contributed by atoms with Crippen molar-refractivity contribution in [1.82, 2.24) is 0 Å². The summed E-state index contributed by atoms with van der Waals surface area (Å²) in [6, 6.07) is 6.85. The van der Waals surface area contributed by atoms with Crippen molar-refractivity contribution < 1.29 is 17.9 Å². The predicted octanol–water partition coefficient (Wildman–Crippen LogP) is 6.63. The van der Waals surface area contributed by atoms with E-state index >= 15 is 0 Å². The first kappa shape index (κ1) is 17.7. The second kappa shape index (κ2) is 7.42. The van der Waals surface area contributed by atoms with Gasteiger partial charge in [0.1, 0.15) is 0 Å². The first-order valence-electron chi connectivity index (χ1n) is 8.92. The van der Waals surface area contributed by atoms with Gasteiger partial charge in [0.25, 0.3) is 0 Å². The van der Waals surface area contributed by atoms with Gasteiger partial charge < -0.3 is 9.15 Å². The molecule has 1 unspecified atom stereocenters. The number of halogens is 2. The maximum Gasteiger partial charge on any atom is 0.208 e. The Morgan fingerprint density at radius 3 is 2.36 bits per heavy atom. The summed E-state index contributed by atoms with van der Waals surface area (Å²) in [5.74, 6) is -0.220. The van der Waals surface area contributed by atoms with Crippen LogP contribution in [0.15, 0.2) is 28.7 Å². The van der Waals surface area contributed by atoms with Gasteiger partial charge in [0.2, 0.25) is 5.82 Å². The highest BCUT2D eigenvalue weighted by Gasteiger charge is 2.19. The van der Waals surface area contributed by atoms with Gasteiger partial charge in [-0.1, -0.05) is 39.2 Å². The molecule has 0 bridgehead atoms. The lowest BCUT2D eigenvalue weighted by Gasteiger charge is -2.09. The number of rotatable bonds is 7. The molecule has 0 saturated carbocycles. The minimum atomic E-state index is -0.592. The highest BCUT2D eigenvalue weighted by atomic mass is 19.1. The van der Waals surface area contributed by atoms with Crippen LogP contribution in [0.1, 0.15) is 45.1 Å². The minimum absolute atomic E-state index is 0.0435. The molecule has 0 saturated heterocycles. The molecule has 0 fully saturated rings. The van der Waals surface area contributed by atoms with E-state index in [1.54, 1.807) is 12.1 Å². The maximum absolute atomic E-state index is 14.8. The van der Waals surface area contributed by atoms with Crippen LogP contribution in [-0.2, 0) is 6.42 Å². The van der Waals surface area contributed by atoms with Crippen LogP contribution in [0.3, 0.4) is 0 Å². The summed E-state index contributed by atoms with van der Waals surface area (Å²) in [6.07, 6.45) is 5.06. The van der Waals surface area contributed by atoms with E-state index in [1.807, 2.05) is 6.07 Å². The van der Waals surface area contributed by atoms with E-state index in [-0.39, 0.29) is 22.7 Å². The molecule has 4 heteroatoms. The second-order valence-electron chi connectivity index (χ2n) is 6.76. The maximum atomic E-state index is 14.8. The standard InChI is InChI=1S/C21H24F2O2/c1-4-6-13(2)7-5-8-14-9-10-15-16-11-12-17(24-3)19(23)21(16)25-20(15)18(14)22/h9-13H,4-8H2,1-3H3. The highest BCUT2D eigenvalue weighted by Crippen LogP contribution is 2.36. The molecule has 0 spiro atoms. The van der Waals surface area contributed by atoms with Crippen molar-refractivity contribution in [3.8, 4) is 5.75 Å². The van der Waals surface area contributed by atoms with Gasteiger partial charge >= 0.3 is 0 Å². The molecular weight excluding hydrogens is 322 g/mol. The van der Waals surface area contributed by atoms with Crippen molar-refractivity contribution >= 4 is 21.9 Å². The molecule has 25 heavy (non-hydrogen) atoms. The molecule has 134 valence electrons. The van der Waals surface area contributed by atoms with Crippen LogP contribution >= 0.6 is 0 Å². The Hall–Kier alpha value is -2.10. The lowest BCUT2D eigenvalue weighted by molar-refractivity contribution is 0.385. The first-order valence-corrected chi connectivity index (χ1v) is 8.92. The molecule has 0 N–H and O–H groups in total. The molecule has 0 aliphatic heterocycles. The van der Waals surface area contributed by atoms with Crippen LogP contribution < -0.4 is 4.74 Å². The van der Waals surface area contributed by atoms with Crippen LogP contribution in [0.4, 0.5) is 8.78 Å². The predicted molar refractivity (Wildman–Crippen MR) is 97.2 cm³/mol. The van der Waals surface area contributed by atoms with Gasteiger partial charge in [-0.25, -0.2) is 4.39 Å². The number of benzene rings is 2. The fourth-order valence-electron chi connectivity index (χ4n) is 3.49. The van der Waals surface area contributed by atoms with Gasteiger partial charge in [-0.2, -0.15) is 4.39 Å². The molecule has 3 aromatic rings. The molecular formula is C21H24F2O2. The van der Waals surface area contributed by atoms with E-state index in [0.29, 0.717) is 28.7 Å². The first-order chi connectivity index (χ1) is 12.1. The lowest BCUT2D eigenvalue weighted by Crippen LogP contribution is -1.97. The molecule has 0 radical (unpaired) electrons. The zero-order valence-corrected chi connectivity index (χ0v) is 15.0. The van der Waals surface area contributed by atoms with Crippen molar-refractivity contribution in [2.75, 3.05) is 7.11 Å². The minimum Gasteiger partial charge on any atom is -0.494 e. The fraction of sp³-hybridized carbons (Fsp3) is 0.429. The van der Waals surface area contributed by atoms with E-state index in [2.05, 4.69) is 13.8 Å². The third-order valence-electron chi connectivity index (χ3n) is 4.88. The molecule has 1 aromatic heterocycles. The van der Waals surface area contributed by atoms with Crippen molar-refractivity contribution in [3.05, 3.63) is 41.5 Å². The average molecular weight is 346 g/mol. The number of methoxy groups -OCH3 is 1. The van der Waals surface area contributed by atoms with Gasteiger partial charge in [0.05, 0.1) is 7.11 Å². The summed E-state index contributed by atoms with van der Waals surface area (Å²) in [7, 11) is 1.39. The Labute approximate surface area is 146 Å². The van der Waals surface area contributed by atoms with Crippen LogP contribution in [0.5, 0.6) is 5.75 Å². The fourth-order valence-corrected chi connectivity index (χ4v) is 3.49. The van der Waals surface area contributed by atoms with Crippen molar-refractivity contribution in [2.24, 2.45) is 5.92 Å². The summed E-state index contributed by atoms with van der Waals surface area (Å²) in [4.78, 5) is 0. The summed E-state index contributed by atoms with van der Waals surface area (Å²) in [5.41, 5.74) is 0.797. The van der Waals surface area contributed by atoms with E-state index in [4.69, 9.17) is 9.15 Å². The molecule has 2 nitrogen and oxygen atoms in total. The Balaban J connectivity index is 1.91. The Morgan fingerprint density at radius 2 is 1.68 bits per heavy atom. The second-order valence-corrected chi connectivity index (χ2v) is 6.76. The normalized spacial score (nSPS) is 12.8. The number of fused-ring (bicyclic) bond motifs is 3. The summed E-state index contributed by atoms with van der Waals surface area (Å²) in [6.45, 7) is 4.41. The van der Waals surface area contributed by atoms with Crippen molar-refractivity contribution in [3.63, 3.8) is 0 Å². The van der Waals surface area contributed by atoms with Gasteiger partial charge in [-0.05, 0) is 42.5 Å². The van der Waals surface area contributed by atoms with Crippen LogP contribution in [0, 0.1) is 17.6 Å². The van der Waals surface area contributed by atoms with Crippen LogP contribution in [-0.4, -0.2) is 7.11 Å². The van der Waals surface area contributed by atoms with E-state index in [1.165, 1.54) is 26.0 Å². The molecule has 0 aliphatic carbocycles. The van der Waals surface area contributed by atoms with E-state index in [9.17, 15) is 8.78 Å². The third kappa shape index (κ3) is 3.35. The number of hydrogen-bond donors (Lipinski definition) is 0. The monoisotopic (exact) mass is 346 g/mol. The lowest BCUT2D eigenvalue weighted by atomic mass is 9.97. The average Bonchev–Trinajstić information content (AvgIpc) is 2.98. The SMILES string of the molecule is CCCC(C)CCCc1ccc2c(oc3c(F)c(OC)ccc32)c1F. The third-order valence-corrected chi connectivity index (χ3v) is 4.88. The number of furan rings is 1. The van der Waals surface area contributed by atoms with Gasteiger partial charge in [0, 0.05) is 10.8 Å². The molecule has 1 atom stereocenters. The van der Waals surface area contributed by atoms with Gasteiger partial charge in [-0.15, -0.1) is 0 Å². The highest BCUT2D eigenvalue weighted by molar-refractivity contribution is 6.05. The molecule has 2 aromatic carbocycles. The Bertz CT molecular complexity index is 883.